The first kappa shape index (κ1) is 14.9. The Labute approximate surface area is 119 Å². The van der Waals surface area contributed by atoms with Gasteiger partial charge >= 0.3 is 0 Å². The minimum absolute atomic E-state index is 0.192. The molecule has 2 unspecified atom stereocenters. The molecular weight excluding hydrogens is 256 g/mol. The molecule has 0 amide bonds. The molecule has 1 fully saturated rings. The smallest absolute Gasteiger partial charge is 0.278 e. The highest BCUT2D eigenvalue weighted by atomic mass is 16.6. The third-order valence-corrected chi connectivity index (χ3v) is 4.23. The van der Waals surface area contributed by atoms with Crippen LogP contribution in [0.15, 0.2) is 6.20 Å². The van der Waals surface area contributed by atoms with Crippen LogP contribution in [-0.4, -0.2) is 33.9 Å². The average Bonchev–Trinajstić information content (AvgIpc) is 2.73. The monoisotopic (exact) mass is 278 g/mol. The second kappa shape index (κ2) is 5.85. The Kier molecular flexibility index (Phi) is 4.35. The molecule has 110 valence electrons. The maximum absolute atomic E-state index is 11.1. The van der Waals surface area contributed by atoms with Crippen molar-refractivity contribution < 1.29 is 4.92 Å². The first-order valence-electron chi connectivity index (χ1n) is 6.97. The van der Waals surface area contributed by atoms with E-state index >= 15 is 0 Å². The summed E-state index contributed by atoms with van der Waals surface area (Å²) in [4.78, 5) is 17.5. The fourth-order valence-electron chi connectivity index (χ4n) is 3.01. The number of pyridine rings is 1. The van der Waals surface area contributed by atoms with Crippen LogP contribution in [0.4, 0.5) is 5.69 Å². The van der Waals surface area contributed by atoms with E-state index in [0.29, 0.717) is 36.2 Å². The number of nitro groups is 1. The first-order chi connectivity index (χ1) is 9.43. The number of aromatic nitrogens is 1. The summed E-state index contributed by atoms with van der Waals surface area (Å²) in [6.45, 7) is 7.99. The fourth-order valence-corrected chi connectivity index (χ4v) is 3.01. The lowest BCUT2D eigenvalue weighted by Crippen LogP contribution is -2.28. The second-order valence-corrected chi connectivity index (χ2v) is 5.73. The summed E-state index contributed by atoms with van der Waals surface area (Å²) < 4.78 is 0. The Morgan fingerprint density at radius 3 is 2.80 bits per heavy atom. The van der Waals surface area contributed by atoms with Crippen LogP contribution in [0.5, 0.6) is 0 Å². The lowest BCUT2D eigenvalue weighted by atomic mass is 10.1. The van der Waals surface area contributed by atoms with Crippen molar-refractivity contribution in [3.8, 4) is 0 Å². The van der Waals surface area contributed by atoms with Crippen LogP contribution in [-0.2, 0) is 6.54 Å². The van der Waals surface area contributed by atoms with E-state index in [1.165, 1.54) is 0 Å². The molecule has 0 aromatic carbocycles. The molecular formula is C14H22N4O2. The van der Waals surface area contributed by atoms with Crippen LogP contribution < -0.4 is 5.73 Å². The summed E-state index contributed by atoms with van der Waals surface area (Å²) in [5.74, 6) is 0.519. The lowest BCUT2D eigenvalue weighted by molar-refractivity contribution is -0.386. The van der Waals surface area contributed by atoms with Gasteiger partial charge in [-0.2, -0.15) is 0 Å². The van der Waals surface area contributed by atoms with Crippen LogP contribution >= 0.6 is 0 Å². The lowest BCUT2D eigenvalue weighted by Gasteiger charge is -2.21. The van der Waals surface area contributed by atoms with E-state index in [1.807, 2.05) is 0 Å². The summed E-state index contributed by atoms with van der Waals surface area (Å²) in [5.41, 5.74) is 8.02. The Morgan fingerprint density at radius 1 is 1.55 bits per heavy atom. The molecule has 1 saturated heterocycles. The predicted molar refractivity (Wildman–Crippen MR) is 77.4 cm³/mol. The summed E-state index contributed by atoms with van der Waals surface area (Å²) in [6, 6.07) is 0.449. The van der Waals surface area contributed by atoms with Gasteiger partial charge in [0.2, 0.25) is 0 Å². The van der Waals surface area contributed by atoms with Crippen molar-refractivity contribution in [1.82, 2.24) is 9.88 Å². The normalized spacial score (nSPS) is 23.2. The summed E-state index contributed by atoms with van der Waals surface area (Å²) in [7, 11) is 0. The van der Waals surface area contributed by atoms with Crippen LogP contribution in [0.1, 0.15) is 30.2 Å². The molecule has 0 bridgehead atoms. The van der Waals surface area contributed by atoms with Crippen LogP contribution in [0.3, 0.4) is 0 Å². The zero-order valence-electron chi connectivity index (χ0n) is 12.3. The van der Waals surface area contributed by atoms with E-state index in [2.05, 4.69) is 16.8 Å². The largest absolute Gasteiger partial charge is 0.330 e. The summed E-state index contributed by atoms with van der Waals surface area (Å²) in [5, 5.41) is 11.1. The van der Waals surface area contributed by atoms with E-state index in [1.54, 1.807) is 20.0 Å². The minimum atomic E-state index is -0.314. The molecule has 20 heavy (non-hydrogen) atoms. The van der Waals surface area contributed by atoms with Gasteiger partial charge in [0.1, 0.15) is 0 Å². The van der Waals surface area contributed by atoms with Gasteiger partial charge in [-0.25, -0.2) is 0 Å². The average molecular weight is 278 g/mol. The molecule has 2 atom stereocenters. The van der Waals surface area contributed by atoms with Gasteiger partial charge < -0.3 is 5.73 Å². The van der Waals surface area contributed by atoms with Crippen molar-refractivity contribution in [1.29, 1.82) is 0 Å². The zero-order valence-corrected chi connectivity index (χ0v) is 12.3. The highest BCUT2D eigenvalue weighted by molar-refractivity contribution is 5.47. The van der Waals surface area contributed by atoms with Crippen molar-refractivity contribution in [3.63, 3.8) is 0 Å². The number of aryl methyl sites for hydroxylation is 1. The molecule has 1 aliphatic heterocycles. The van der Waals surface area contributed by atoms with Crippen molar-refractivity contribution in [2.24, 2.45) is 11.7 Å². The Bertz CT molecular complexity index is 518. The number of hydrogen-bond donors (Lipinski definition) is 1. The van der Waals surface area contributed by atoms with Crippen LogP contribution in [0.25, 0.3) is 0 Å². The molecule has 1 aromatic rings. The van der Waals surface area contributed by atoms with Crippen molar-refractivity contribution >= 4 is 5.69 Å². The van der Waals surface area contributed by atoms with Gasteiger partial charge in [-0.15, -0.1) is 0 Å². The summed E-state index contributed by atoms with van der Waals surface area (Å²) in [6.07, 6.45) is 2.69. The number of hydrogen-bond acceptors (Lipinski definition) is 5. The molecule has 0 spiro atoms. The maximum atomic E-state index is 11.1. The Morgan fingerprint density at radius 2 is 2.25 bits per heavy atom. The Hall–Kier alpha value is -1.53. The SMILES string of the molecule is Cc1cnc(CN2CC(CN)CC2C)c(C)c1[N+](=O)[O-]. The topological polar surface area (TPSA) is 85.3 Å². The number of nitrogens with zero attached hydrogens (tertiary/aromatic N) is 3. The van der Waals surface area contributed by atoms with Gasteiger partial charge in [0.15, 0.2) is 0 Å². The minimum Gasteiger partial charge on any atom is -0.330 e. The molecule has 2 N–H and O–H groups in total. The van der Waals surface area contributed by atoms with E-state index in [0.717, 1.165) is 18.7 Å². The van der Waals surface area contributed by atoms with Gasteiger partial charge in [0, 0.05) is 36.5 Å². The number of likely N-dealkylation sites (tertiary alicyclic amines) is 1. The van der Waals surface area contributed by atoms with Crippen molar-refractivity contribution in [3.05, 3.63) is 33.1 Å². The molecule has 0 radical (unpaired) electrons. The third-order valence-electron chi connectivity index (χ3n) is 4.23. The van der Waals surface area contributed by atoms with Gasteiger partial charge in [0.25, 0.3) is 5.69 Å². The number of nitrogens with two attached hydrogens (primary N) is 1. The molecule has 6 heteroatoms. The van der Waals surface area contributed by atoms with E-state index in [4.69, 9.17) is 5.73 Å². The van der Waals surface area contributed by atoms with Gasteiger partial charge in [0.05, 0.1) is 10.6 Å². The van der Waals surface area contributed by atoms with Crippen LogP contribution in [0.2, 0.25) is 0 Å². The summed E-state index contributed by atoms with van der Waals surface area (Å²) >= 11 is 0. The predicted octanol–water partition coefficient (Wildman–Crippen LogP) is 1.78. The van der Waals surface area contributed by atoms with E-state index < -0.39 is 0 Å². The standard InChI is InChI=1S/C14H22N4O2/c1-9-6-16-13(11(3)14(9)18(19)20)8-17-7-12(5-15)4-10(17)2/h6,10,12H,4-5,7-8,15H2,1-3H3. The Balaban J connectivity index is 2.22. The molecule has 2 rings (SSSR count). The van der Waals surface area contributed by atoms with Crippen molar-refractivity contribution in [2.45, 2.75) is 39.8 Å². The highest BCUT2D eigenvalue weighted by Crippen LogP contribution is 2.28. The molecule has 2 heterocycles. The maximum Gasteiger partial charge on any atom is 0.278 e. The highest BCUT2D eigenvalue weighted by Gasteiger charge is 2.29. The molecule has 1 aromatic heterocycles. The third kappa shape index (κ3) is 2.81. The zero-order chi connectivity index (χ0) is 14.9. The van der Waals surface area contributed by atoms with E-state index in [9.17, 15) is 10.1 Å². The van der Waals surface area contributed by atoms with Gasteiger partial charge in [-0.3, -0.25) is 20.0 Å². The molecule has 6 nitrogen and oxygen atoms in total. The molecule has 0 aliphatic carbocycles. The fraction of sp³-hybridized carbons (Fsp3) is 0.643. The number of rotatable bonds is 4. The van der Waals surface area contributed by atoms with Crippen molar-refractivity contribution in [2.75, 3.05) is 13.1 Å². The quantitative estimate of drug-likeness (QED) is 0.670. The van der Waals surface area contributed by atoms with Gasteiger partial charge in [-0.05, 0) is 39.7 Å². The first-order valence-corrected chi connectivity index (χ1v) is 6.97. The molecule has 1 aliphatic rings. The van der Waals surface area contributed by atoms with Crippen LogP contribution in [0, 0.1) is 29.9 Å². The van der Waals surface area contributed by atoms with Gasteiger partial charge in [-0.1, -0.05) is 0 Å². The molecule has 0 saturated carbocycles. The second-order valence-electron chi connectivity index (χ2n) is 5.73. The van der Waals surface area contributed by atoms with E-state index in [-0.39, 0.29) is 10.6 Å².